The zero-order valence-electron chi connectivity index (χ0n) is 13.5. The summed E-state index contributed by atoms with van der Waals surface area (Å²) in [6, 6.07) is 8.06. The summed E-state index contributed by atoms with van der Waals surface area (Å²) in [4.78, 5) is 27.6. The van der Waals surface area contributed by atoms with Gasteiger partial charge >= 0.3 is 0 Å². The molecule has 0 bridgehead atoms. The standard InChI is InChI=1S/C17H20N2O3S/c1-18(2)14-9-7-13(8-10-14)5-4-6-15-16(20)19(11-12-22-3)17(21)23-15/h4-10H,11-12H2,1-3H3/b5-4+,15-6+. The maximum absolute atomic E-state index is 12.1. The Morgan fingerprint density at radius 3 is 2.52 bits per heavy atom. The molecule has 0 radical (unpaired) electrons. The van der Waals surface area contributed by atoms with Crippen molar-refractivity contribution in [1.29, 1.82) is 0 Å². The molecule has 5 nitrogen and oxygen atoms in total. The van der Waals surface area contributed by atoms with Crippen molar-refractivity contribution in [3.05, 3.63) is 46.9 Å². The summed E-state index contributed by atoms with van der Waals surface area (Å²) in [5, 5.41) is -0.248. The smallest absolute Gasteiger partial charge is 0.293 e. The maximum Gasteiger partial charge on any atom is 0.293 e. The molecule has 1 aromatic rings. The van der Waals surface area contributed by atoms with Crippen LogP contribution in [0.1, 0.15) is 5.56 Å². The summed E-state index contributed by atoms with van der Waals surface area (Å²) in [5.41, 5.74) is 2.16. The van der Waals surface area contributed by atoms with Crippen molar-refractivity contribution in [1.82, 2.24) is 4.90 Å². The Bertz CT molecular complexity index is 636. The zero-order valence-corrected chi connectivity index (χ0v) is 14.3. The molecule has 0 aromatic heterocycles. The molecule has 1 aliphatic heterocycles. The minimum atomic E-state index is -0.260. The topological polar surface area (TPSA) is 49.9 Å². The molecule has 1 aromatic carbocycles. The van der Waals surface area contributed by atoms with Crippen molar-refractivity contribution in [2.45, 2.75) is 0 Å². The lowest BCUT2D eigenvalue weighted by Gasteiger charge is -2.11. The summed E-state index contributed by atoms with van der Waals surface area (Å²) in [6.07, 6.45) is 5.37. The molecular formula is C17H20N2O3S. The monoisotopic (exact) mass is 332 g/mol. The fourth-order valence-electron chi connectivity index (χ4n) is 2.02. The lowest BCUT2D eigenvalue weighted by atomic mass is 10.2. The van der Waals surface area contributed by atoms with Gasteiger partial charge in [0.15, 0.2) is 0 Å². The Kier molecular flexibility index (Phi) is 6.01. The largest absolute Gasteiger partial charge is 0.383 e. The molecule has 122 valence electrons. The molecule has 0 saturated carbocycles. The predicted molar refractivity (Wildman–Crippen MR) is 94.5 cm³/mol. The highest BCUT2D eigenvalue weighted by molar-refractivity contribution is 8.18. The zero-order chi connectivity index (χ0) is 16.8. The van der Waals surface area contributed by atoms with E-state index in [1.54, 1.807) is 19.3 Å². The van der Waals surface area contributed by atoms with E-state index in [2.05, 4.69) is 0 Å². The number of hydrogen-bond donors (Lipinski definition) is 0. The second kappa shape index (κ2) is 7.99. The van der Waals surface area contributed by atoms with Crippen molar-refractivity contribution in [3.63, 3.8) is 0 Å². The molecular weight excluding hydrogens is 312 g/mol. The van der Waals surface area contributed by atoms with Crippen LogP contribution < -0.4 is 4.90 Å². The highest BCUT2D eigenvalue weighted by Crippen LogP contribution is 2.30. The van der Waals surface area contributed by atoms with E-state index in [0.717, 1.165) is 23.0 Å². The Morgan fingerprint density at radius 1 is 1.22 bits per heavy atom. The van der Waals surface area contributed by atoms with Gasteiger partial charge in [0.25, 0.3) is 11.1 Å². The summed E-state index contributed by atoms with van der Waals surface area (Å²) in [5.74, 6) is -0.260. The summed E-state index contributed by atoms with van der Waals surface area (Å²) < 4.78 is 4.91. The average Bonchev–Trinajstić information content (AvgIpc) is 2.80. The van der Waals surface area contributed by atoms with Crippen molar-refractivity contribution in [2.24, 2.45) is 0 Å². The number of ether oxygens (including phenoxy) is 1. The first-order chi connectivity index (χ1) is 11.0. The van der Waals surface area contributed by atoms with Crippen LogP contribution in [-0.2, 0) is 9.53 Å². The van der Waals surface area contributed by atoms with Crippen LogP contribution in [0.4, 0.5) is 10.5 Å². The van der Waals surface area contributed by atoms with Crippen molar-refractivity contribution in [2.75, 3.05) is 39.3 Å². The SMILES string of the molecule is COCCN1C(=O)S/C(=C/C=C/c2ccc(N(C)C)cc2)C1=O. The predicted octanol–water partition coefficient (Wildman–Crippen LogP) is 2.99. The van der Waals surface area contributed by atoms with Crippen LogP contribution in [0.2, 0.25) is 0 Å². The molecule has 0 unspecified atom stereocenters. The number of methoxy groups -OCH3 is 1. The number of thioether (sulfide) groups is 1. The van der Waals surface area contributed by atoms with Gasteiger partial charge in [-0.3, -0.25) is 14.5 Å². The van der Waals surface area contributed by atoms with Gasteiger partial charge < -0.3 is 9.64 Å². The van der Waals surface area contributed by atoms with Gasteiger partial charge in [-0.05, 0) is 35.5 Å². The number of nitrogens with zero attached hydrogens (tertiary/aromatic N) is 2. The van der Waals surface area contributed by atoms with Crippen LogP contribution in [0.3, 0.4) is 0 Å². The van der Waals surface area contributed by atoms with Crippen LogP contribution in [0.25, 0.3) is 6.08 Å². The third-order valence-electron chi connectivity index (χ3n) is 3.34. The number of hydrogen-bond acceptors (Lipinski definition) is 5. The molecule has 1 heterocycles. The molecule has 23 heavy (non-hydrogen) atoms. The van der Waals surface area contributed by atoms with Crippen LogP contribution in [-0.4, -0.2) is 50.4 Å². The number of amides is 2. The fourth-order valence-corrected chi connectivity index (χ4v) is 2.84. The van der Waals surface area contributed by atoms with E-state index in [1.165, 1.54) is 4.90 Å². The van der Waals surface area contributed by atoms with Crippen LogP contribution in [0.5, 0.6) is 0 Å². The highest BCUT2D eigenvalue weighted by Gasteiger charge is 2.34. The van der Waals surface area contributed by atoms with E-state index >= 15 is 0 Å². The van der Waals surface area contributed by atoms with E-state index in [-0.39, 0.29) is 17.7 Å². The van der Waals surface area contributed by atoms with E-state index in [4.69, 9.17) is 4.74 Å². The van der Waals surface area contributed by atoms with Gasteiger partial charge in [0, 0.05) is 26.9 Å². The second-order valence-corrected chi connectivity index (χ2v) is 6.19. The molecule has 0 spiro atoms. The third-order valence-corrected chi connectivity index (χ3v) is 4.26. The van der Waals surface area contributed by atoms with Gasteiger partial charge in [0.2, 0.25) is 0 Å². The van der Waals surface area contributed by atoms with Crippen LogP contribution in [0.15, 0.2) is 41.3 Å². The summed E-state index contributed by atoms with van der Waals surface area (Å²) >= 11 is 0.959. The first kappa shape index (κ1) is 17.3. The lowest BCUT2D eigenvalue weighted by Crippen LogP contribution is -2.31. The normalized spacial score (nSPS) is 16.8. The Morgan fingerprint density at radius 2 is 1.91 bits per heavy atom. The van der Waals surface area contributed by atoms with Crippen molar-refractivity contribution >= 4 is 34.7 Å². The molecule has 0 atom stereocenters. The Labute approximate surface area is 140 Å². The number of imide groups is 1. The summed E-state index contributed by atoms with van der Waals surface area (Å²) in [6.45, 7) is 0.633. The molecule has 2 amide bonds. The molecule has 0 N–H and O–H groups in total. The van der Waals surface area contributed by atoms with Crippen LogP contribution in [0, 0.1) is 0 Å². The minimum absolute atomic E-state index is 0.248. The first-order valence-corrected chi connectivity index (χ1v) is 8.03. The quantitative estimate of drug-likeness (QED) is 0.750. The van der Waals surface area contributed by atoms with E-state index < -0.39 is 0 Å². The maximum atomic E-state index is 12.1. The molecule has 0 aliphatic carbocycles. The first-order valence-electron chi connectivity index (χ1n) is 7.21. The third kappa shape index (κ3) is 4.46. The van der Waals surface area contributed by atoms with Gasteiger partial charge in [-0.2, -0.15) is 0 Å². The molecule has 1 fully saturated rings. The summed E-state index contributed by atoms with van der Waals surface area (Å²) in [7, 11) is 5.52. The van der Waals surface area contributed by atoms with Gasteiger partial charge in [-0.1, -0.05) is 24.3 Å². The number of carbonyl (C=O) groups excluding carboxylic acids is 2. The average molecular weight is 332 g/mol. The van der Waals surface area contributed by atoms with E-state index in [9.17, 15) is 9.59 Å². The number of anilines is 1. The molecule has 1 aliphatic rings. The number of allylic oxidation sites excluding steroid dienone is 2. The number of carbonyl (C=O) groups is 2. The lowest BCUT2D eigenvalue weighted by molar-refractivity contribution is -0.123. The van der Waals surface area contributed by atoms with Gasteiger partial charge in [0.05, 0.1) is 18.1 Å². The van der Waals surface area contributed by atoms with Crippen molar-refractivity contribution in [3.8, 4) is 0 Å². The van der Waals surface area contributed by atoms with Gasteiger partial charge in [-0.25, -0.2) is 0 Å². The molecule has 1 saturated heterocycles. The fraction of sp³-hybridized carbons (Fsp3) is 0.294. The second-order valence-electron chi connectivity index (χ2n) is 5.19. The van der Waals surface area contributed by atoms with Crippen molar-refractivity contribution < 1.29 is 14.3 Å². The Balaban J connectivity index is 2.02. The molecule has 2 rings (SSSR count). The van der Waals surface area contributed by atoms with Gasteiger partial charge in [0.1, 0.15) is 0 Å². The minimum Gasteiger partial charge on any atom is -0.383 e. The highest BCUT2D eigenvalue weighted by atomic mass is 32.2. The van der Waals surface area contributed by atoms with E-state index in [0.29, 0.717) is 11.5 Å². The van der Waals surface area contributed by atoms with Crippen LogP contribution >= 0.6 is 11.8 Å². The van der Waals surface area contributed by atoms with Gasteiger partial charge in [-0.15, -0.1) is 0 Å². The van der Waals surface area contributed by atoms with E-state index in [1.807, 2.05) is 49.3 Å². The number of benzene rings is 1. The Hall–Kier alpha value is -2.05. The molecule has 6 heteroatoms. The number of rotatable bonds is 6.